The van der Waals surface area contributed by atoms with E-state index in [0.717, 1.165) is 5.56 Å². The summed E-state index contributed by atoms with van der Waals surface area (Å²) in [5.41, 5.74) is 0.941. The molecular weight excluding hydrogens is 334 g/mol. The van der Waals surface area contributed by atoms with Gasteiger partial charge in [-0.3, -0.25) is 4.79 Å². The smallest absolute Gasteiger partial charge is 0.326 e. The van der Waals surface area contributed by atoms with Crippen LogP contribution in [0.15, 0.2) is 18.2 Å². The van der Waals surface area contributed by atoms with E-state index < -0.39 is 12.0 Å². The Labute approximate surface area is 155 Å². The summed E-state index contributed by atoms with van der Waals surface area (Å²) in [5.74, 6) is -0.390. The molecule has 0 aliphatic carbocycles. The van der Waals surface area contributed by atoms with Crippen LogP contribution in [-0.4, -0.2) is 37.2 Å². The first-order valence-electron chi connectivity index (χ1n) is 8.81. The van der Waals surface area contributed by atoms with Crippen LogP contribution < -0.4 is 14.8 Å². The van der Waals surface area contributed by atoms with Crippen molar-refractivity contribution in [3.05, 3.63) is 23.8 Å². The zero-order valence-corrected chi connectivity index (χ0v) is 16.6. The Bertz CT molecular complexity index is 621. The number of carboxylic acids is 1. The molecule has 0 aliphatic heterocycles. The third-order valence-corrected chi connectivity index (χ3v) is 4.24. The second kappa shape index (κ2) is 9.46. The summed E-state index contributed by atoms with van der Waals surface area (Å²) < 4.78 is 10.5. The molecule has 1 amide bonds. The number of carbonyl (C=O) groups is 2. The molecular formula is C20H31NO5. The Balaban J connectivity index is 2.72. The molecule has 2 unspecified atom stereocenters. The Morgan fingerprint density at radius 2 is 1.77 bits per heavy atom. The third-order valence-electron chi connectivity index (χ3n) is 4.24. The van der Waals surface area contributed by atoms with E-state index in [1.165, 1.54) is 0 Å². The van der Waals surface area contributed by atoms with E-state index >= 15 is 0 Å². The average molecular weight is 365 g/mol. The second-order valence-electron chi connectivity index (χ2n) is 7.79. The maximum atomic E-state index is 12.4. The van der Waals surface area contributed by atoms with Gasteiger partial charge in [0, 0.05) is 5.92 Å². The first kappa shape index (κ1) is 21.8. The van der Waals surface area contributed by atoms with Crippen molar-refractivity contribution in [3.8, 4) is 11.5 Å². The minimum absolute atomic E-state index is 0.0176. The van der Waals surface area contributed by atoms with Gasteiger partial charge in [0.25, 0.3) is 0 Å². The van der Waals surface area contributed by atoms with Gasteiger partial charge in [0.15, 0.2) is 11.5 Å². The van der Waals surface area contributed by atoms with Crippen LogP contribution in [0.4, 0.5) is 0 Å². The first-order valence-corrected chi connectivity index (χ1v) is 8.81. The van der Waals surface area contributed by atoms with E-state index in [9.17, 15) is 14.7 Å². The molecule has 0 saturated carbocycles. The SMILES string of the molecule is COc1ccc(CC(C)C(=O)NC(CCC(C)(C)C)C(=O)O)cc1OC. The Hall–Kier alpha value is -2.24. The number of hydrogen-bond acceptors (Lipinski definition) is 4. The molecule has 0 radical (unpaired) electrons. The van der Waals surface area contributed by atoms with E-state index in [0.29, 0.717) is 30.8 Å². The molecule has 0 spiro atoms. The van der Waals surface area contributed by atoms with Gasteiger partial charge in [0.2, 0.25) is 5.91 Å². The van der Waals surface area contributed by atoms with Crippen LogP contribution in [-0.2, 0) is 16.0 Å². The molecule has 0 aliphatic rings. The van der Waals surface area contributed by atoms with Crippen molar-refractivity contribution >= 4 is 11.9 Å². The second-order valence-corrected chi connectivity index (χ2v) is 7.79. The van der Waals surface area contributed by atoms with Gasteiger partial charge in [-0.25, -0.2) is 4.79 Å². The van der Waals surface area contributed by atoms with Crippen LogP contribution in [0, 0.1) is 11.3 Å². The normalized spacial score (nSPS) is 13.6. The Morgan fingerprint density at radius 3 is 2.27 bits per heavy atom. The number of aliphatic carboxylic acids is 1. The van der Waals surface area contributed by atoms with Gasteiger partial charge >= 0.3 is 5.97 Å². The van der Waals surface area contributed by atoms with Gasteiger partial charge in [0.05, 0.1) is 14.2 Å². The van der Waals surface area contributed by atoms with Crippen molar-refractivity contribution in [1.29, 1.82) is 0 Å². The molecule has 0 fully saturated rings. The highest BCUT2D eigenvalue weighted by Crippen LogP contribution is 2.28. The van der Waals surface area contributed by atoms with Gasteiger partial charge < -0.3 is 19.9 Å². The first-order chi connectivity index (χ1) is 12.1. The van der Waals surface area contributed by atoms with Crippen molar-refractivity contribution in [2.75, 3.05) is 14.2 Å². The summed E-state index contributed by atoms with van der Waals surface area (Å²) in [5, 5.41) is 12.0. The zero-order chi connectivity index (χ0) is 19.9. The fourth-order valence-electron chi connectivity index (χ4n) is 2.60. The molecule has 6 nitrogen and oxygen atoms in total. The molecule has 0 aromatic heterocycles. The highest BCUT2D eigenvalue weighted by molar-refractivity contribution is 5.84. The number of hydrogen-bond donors (Lipinski definition) is 2. The number of rotatable bonds is 9. The molecule has 6 heteroatoms. The number of methoxy groups -OCH3 is 2. The summed E-state index contributed by atoms with van der Waals surface area (Å²) in [6.07, 6.45) is 1.61. The van der Waals surface area contributed by atoms with Crippen LogP contribution in [0.2, 0.25) is 0 Å². The summed E-state index contributed by atoms with van der Waals surface area (Å²) >= 11 is 0. The molecule has 2 N–H and O–H groups in total. The minimum atomic E-state index is -0.999. The lowest BCUT2D eigenvalue weighted by Crippen LogP contribution is -2.44. The minimum Gasteiger partial charge on any atom is -0.493 e. The van der Waals surface area contributed by atoms with E-state index in [-0.39, 0.29) is 17.2 Å². The number of carboxylic acid groups (broad SMARTS) is 1. The Morgan fingerprint density at radius 1 is 1.15 bits per heavy atom. The van der Waals surface area contributed by atoms with Crippen molar-refractivity contribution in [3.63, 3.8) is 0 Å². The number of ether oxygens (including phenoxy) is 2. The van der Waals surface area contributed by atoms with Crippen LogP contribution in [0.3, 0.4) is 0 Å². The highest BCUT2D eigenvalue weighted by Gasteiger charge is 2.25. The predicted molar refractivity (Wildman–Crippen MR) is 101 cm³/mol. The molecule has 1 aromatic carbocycles. The lowest BCUT2D eigenvalue weighted by molar-refractivity contribution is -0.142. The number of carbonyl (C=O) groups excluding carboxylic acids is 1. The molecule has 1 aromatic rings. The Kier molecular flexibility index (Phi) is 7.93. The maximum Gasteiger partial charge on any atom is 0.326 e. The van der Waals surface area contributed by atoms with Crippen molar-refractivity contribution in [2.45, 2.75) is 53.0 Å². The van der Waals surface area contributed by atoms with Gasteiger partial charge in [-0.15, -0.1) is 0 Å². The summed E-state index contributed by atoms with van der Waals surface area (Å²) in [6.45, 7) is 7.93. The molecule has 2 atom stereocenters. The molecule has 1 rings (SSSR count). The predicted octanol–water partition coefficient (Wildman–Crippen LogP) is 3.28. The monoisotopic (exact) mass is 365 g/mol. The van der Waals surface area contributed by atoms with E-state index in [2.05, 4.69) is 5.32 Å². The molecule has 0 saturated heterocycles. The molecule has 26 heavy (non-hydrogen) atoms. The summed E-state index contributed by atoms with van der Waals surface area (Å²) in [6, 6.07) is 4.63. The lowest BCUT2D eigenvalue weighted by Gasteiger charge is -2.23. The summed E-state index contributed by atoms with van der Waals surface area (Å²) in [7, 11) is 3.13. The van der Waals surface area contributed by atoms with Crippen LogP contribution in [0.1, 0.15) is 46.1 Å². The standard InChI is InChI=1S/C20H31NO5/c1-13(11-14-7-8-16(25-5)17(12-14)26-6)18(22)21-15(19(23)24)9-10-20(2,3)4/h7-8,12-13,15H,9-11H2,1-6H3,(H,21,22)(H,23,24). The van der Waals surface area contributed by atoms with E-state index in [4.69, 9.17) is 9.47 Å². The van der Waals surface area contributed by atoms with E-state index in [1.807, 2.05) is 32.9 Å². The van der Waals surface area contributed by atoms with Gasteiger partial charge in [-0.2, -0.15) is 0 Å². The molecule has 0 bridgehead atoms. The zero-order valence-electron chi connectivity index (χ0n) is 16.6. The average Bonchev–Trinajstić information content (AvgIpc) is 2.56. The highest BCUT2D eigenvalue weighted by atomic mass is 16.5. The van der Waals surface area contributed by atoms with Crippen molar-refractivity contribution in [1.82, 2.24) is 5.32 Å². The fourth-order valence-corrected chi connectivity index (χ4v) is 2.60. The van der Waals surface area contributed by atoms with Gasteiger partial charge in [-0.05, 0) is 42.4 Å². The number of benzene rings is 1. The fraction of sp³-hybridized carbons (Fsp3) is 0.600. The van der Waals surface area contributed by atoms with Gasteiger partial charge in [0.1, 0.15) is 6.04 Å². The number of amides is 1. The quantitative estimate of drug-likeness (QED) is 0.701. The molecule has 0 heterocycles. The largest absolute Gasteiger partial charge is 0.493 e. The topological polar surface area (TPSA) is 84.9 Å². The van der Waals surface area contributed by atoms with Gasteiger partial charge in [-0.1, -0.05) is 33.8 Å². The summed E-state index contributed by atoms with van der Waals surface area (Å²) in [4.78, 5) is 23.9. The number of nitrogens with one attached hydrogen (secondary N) is 1. The van der Waals surface area contributed by atoms with Crippen LogP contribution in [0.5, 0.6) is 11.5 Å². The van der Waals surface area contributed by atoms with E-state index in [1.54, 1.807) is 27.2 Å². The third kappa shape index (κ3) is 6.94. The van der Waals surface area contributed by atoms with Crippen molar-refractivity contribution in [2.24, 2.45) is 11.3 Å². The van der Waals surface area contributed by atoms with Crippen LogP contribution in [0.25, 0.3) is 0 Å². The lowest BCUT2D eigenvalue weighted by atomic mass is 9.88. The van der Waals surface area contributed by atoms with Crippen molar-refractivity contribution < 1.29 is 24.2 Å². The van der Waals surface area contributed by atoms with Crippen LogP contribution >= 0.6 is 0 Å². The molecule has 146 valence electrons. The maximum absolute atomic E-state index is 12.4.